The minimum Gasteiger partial charge on any atom is -0.497 e. The maximum Gasteiger partial charge on any atom is 0.168 e. The van der Waals surface area contributed by atoms with E-state index in [1.165, 1.54) is 5.56 Å². The first-order valence-electron chi connectivity index (χ1n) is 9.00. The SMILES string of the molecule is CCCCc1nc2c3c(C)c(C)n(-c4cccc(OC)c4)c3ncn2n1. The maximum absolute atomic E-state index is 5.39. The molecule has 134 valence electrons. The van der Waals surface area contributed by atoms with Gasteiger partial charge in [0.05, 0.1) is 18.2 Å². The van der Waals surface area contributed by atoms with Crippen LogP contribution in [0.5, 0.6) is 5.75 Å². The molecule has 0 spiro atoms. The zero-order chi connectivity index (χ0) is 18.3. The number of hydrogen-bond acceptors (Lipinski definition) is 4. The molecule has 0 unspecified atom stereocenters. The Balaban J connectivity index is 1.96. The molecule has 4 rings (SSSR count). The number of unbranched alkanes of at least 4 members (excludes halogenated alkanes) is 1. The molecule has 0 atom stereocenters. The van der Waals surface area contributed by atoms with Gasteiger partial charge in [0.1, 0.15) is 12.1 Å². The van der Waals surface area contributed by atoms with Gasteiger partial charge in [0.2, 0.25) is 0 Å². The number of aryl methyl sites for hydroxylation is 2. The average molecular weight is 349 g/mol. The molecule has 0 bridgehead atoms. The molecule has 0 fully saturated rings. The number of nitrogens with zero attached hydrogens (tertiary/aromatic N) is 5. The quantitative estimate of drug-likeness (QED) is 0.546. The Morgan fingerprint density at radius 3 is 2.77 bits per heavy atom. The van der Waals surface area contributed by atoms with Crippen molar-refractivity contribution in [2.75, 3.05) is 7.11 Å². The first-order chi connectivity index (χ1) is 12.6. The predicted octanol–water partition coefficient (Wildman–Crippen LogP) is 4.04. The van der Waals surface area contributed by atoms with E-state index in [1.54, 1.807) is 18.0 Å². The molecule has 26 heavy (non-hydrogen) atoms. The third kappa shape index (κ3) is 2.53. The molecule has 0 saturated carbocycles. The van der Waals surface area contributed by atoms with Crippen LogP contribution < -0.4 is 4.74 Å². The molecular weight excluding hydrogens is 326 g/mol. The maximum atomic E-state index is 5.39. The molecular formula is C20H23N5O. The van der Waals surface area contributed by atoms with Crippen molar-refractivity contribution in [2.24, 2.45) is 0 Å². The van der Waals surface area contributed by atoms with E-state index in [4.69, 9.17) is 14.7 Å². The van der Waals surface area contributed by atoms with Crippen molar-refractivity contribution in [2.45, 2.75) is 40.0 Å². The first kappa shape index (κ1) is 16.6. The van der Waals surface area contributed by atoms with Crippen LogP contribution in [0.15, 0.2) is 30.6 Å². The smallest absolute Gasteiger partial charge is 0.168 e. The summed E-state index contributed by atoms with van der Waals surface area (Å²) in [5.74, 6) is 1.71. The monoisotopic (exact) mass is 349 g/mol. The van der Waals surface area contributed by atoms with E-state index >= 15 is 0 Å². The fourth-order valence-electron chi connectivity index (χ4n) is 3.41. The summed E-state index contributed by atoms with van der Waals surface area (Å²) in [7, 11) is 1.68. The Morgan fingerprint density at radius 1 is 1.15 bits per heavy atom. The van der Waals surface area contributed by atoms with Gasteiger partial charge in [-0.05, 0) is 38.0 Å². The van der Waals surface area contributed by atoms with Crippen molar-refractivity contribution in [3.63, 3.8) is 0 Å². The van der Waals surface area contributed by atoms with Gasteiger partial charge in [-0.2, -0.15) is 0 Å². The topological polar surface area (TPSA) is 57.2 Å². The highest BCUT2D eigenvalue weighted by atomic mass is 16.5. The van der Waals surface area contributed by atoms with Crippen LogP contribution in [0.25, 0.3) is 22.4 Å². The molecule has 3 aromatic heterocycles. The highest BCUT2D eigenvalue weighted by Gasteiger charge is 2.19. The van der Waals surface area contributed by atoms with E-state index in [9.17, 15) is 0 Å². The fraction of sp³-hybridized carbons (Fsp3) is 0.350. The summed E-state index contributed by atoms with van der Waals surface area (Å²) in [6, 6.07) is 8.03. The molecule has 0 aliphatic heterocycles. The predicted molar refractivity (Wildman–Crippen MR) is 102 cm³/mol. The number of benzene rings is 1. The lowest BCUT2D eigenvalue weighted by molar-refractivity contribution is 0.414. The van der Waals surface area contributed by atoms with Crippen LogP contribution >= 0.6 is 0 Å². The summed E-state index contributed by atoms with van der Waals surface area (Å²) in [6.07, 6.45) is 4.88. The van der Waals surface area contributed by atoms with Crippen LogP contribution in [0.3, 0.4) is 0 Å². The summed E-state index contributed by atoms with van der Waals surface area (Å²) >= 11 is 0. The number of methoxy groups -OCH3 is 1. The van der Waals surface area contributed by atoms with Crippen LogP contribution in [0.2, 0.25) is 0 Å². The molecule has 6 nitrogen and oxygen atoms in total. The van der Waals surface area contributed by atoms with E-state index in [-0.39, 0.29) is 0 Å². The van der Waals surface area contributed by atoms with Crippen molar-refractivity contribution in [1.82, 2.24) is 24.1 Å². The van der Waals surface area contributed by atoms with Crippen LogP contribution in [0, 0.1) is 13.8 Å². The number of ether oxygens (including phenoxy) is 1. The van der Waals surface area contributed by atoms with E-state index in [1.807, 2.05) is 18.2 Å². The molecule has 0 aliphatic carbocycles. The number of fused-ring (bicyclic) bond motifs is 3. The second-order valence-corrected chi connectivity index (χ2v) is 6.59. The van der Waals surface area contributed by atoms with Crippen LogP contribution in [-0.4, -0.2) is 31.3 Å². The molecule has 3 heterocycles. The molecule has 0 aliphatic rings. The van der Waals surface area contributed by atoms with Gasteiger partial charge >= 0.3 is 0 Å². The second kappa shape index (κ2) is 6.44. The van der Waals surface area contributed by atoms with Gasteiger partial charge in [-0.1, -0.05) is 19.4 Å². The molecule has 4 aromatic rings. The Labute approximate surface area is 152 Å². The number of rotatable bonds is 5. The third-order valence-electron chi connectivity index (χ3n) is 4.94. The van der Waals surface area contributed by atoms with Crippen molar-refractivity contribution >= 4 is 16.7 Å². The number of hydrogen-bond donors (Lipinski definition) is 0. The van der Waals surface area contributed by atoms with Crippen LogP contribution in [-0.2, 0) is 6.42 Å². The van der Waals surface area contributed by atoms with Gasteiger partial charge < -0.3 is 4.74 Å². The Bertz CT molecular complexity index is 1090. The van der Waals surface area contributed by atoms with E-state index in [0.717, 1.165) is 58.9 Å². The fourth-order valence-corrected chi connectivity index (χ4v) is 3.41. The van der Waals surface area contributed by atoms with Gasteiger partial charge in [0.15, 0.2) is 17.1 Å². The zero-order valence-electron chi connectivity index (χ0n) is 15.7. The minimum absolute atomic E-state index is 0.826. The minimum atomic E-state index is 0.826. The van der Waals surface area contributed by atoms with Gasteiger partial charge in [-0.15, -0.1) is 5.10 Å². The van der Waals surface area contributed by atoms with Gasteiger partial charge in [-0.3, -0.25) is 4.57 Å². The molecule has 0 saturated heterocycles. The standard InChI is InChI=1S/C20H23N5O/c1-5-6-10-17-22-20-18-13(2)14(3)25(19(18)21-12-24(20)23-17)15-8-7-9-16(11-15)26-4/h7-9,11-12H,5-6,10H2,1-4H3. The van der Waals surface area contributed by atoms with Crippen molar-refractivity contribution in [1.29, 1.82) is 0 Å². The highest BCUT2D eigenvalue weighted by molar-refractivity contribution is 5.95. The van der Waals surface area contributed by atoms with Crippen molar-refractivity contribution < 1.29 is 4.74 Å². The second-order valence-electron chi connectivity index (χ2n) is 6.59. The normalized spacial score (nSPS) is 11.5. The van der Waals surface area contributed by atoms with Crippen LogP contribution in [0.1, 0.15) is 36.8 Å². The van der Waals surface area contributed by atoms with Crippen LogP contribution in [0.4, 0.5) is 0 Å². The molecule has 1 aromatic carbocycles. The Hall–Kier alpha value is -2.89. The van der Waals surface area contributed by atoms with E-state index < -0.39 is 0 Å². The lowest BCUT2D eigenvalue weighted by Crippen LogP contribution is -1.99. The van der Waals surface area contributed by atoms with Gasteiger partial charge in [0.25, 0.3) is 0 Å². The zero-order valence-corrected chi connectivity index (χ0v) is 15.7. The van der Waals surface area contributed by atoms with Gasteiger partial charge in [-0.25, -0.2) is 14.5 Å². The van der Waals surface area contributed by atoms with E-state index in [0.29, 0.717) is 0 Å². The van der Waals surface area contributed by atoms with Gasteiger partial charge in [0, 0.05) is 18.2 Å². The summed E-state index contributed by atoms with van der Waals surface area (Å²) in [5.41, 5.74) is 5.13. The average Bonchev–Trinajstić information content (AvgIpc) is 3.19. The van der Waals surface area contributed by atoms with E-state index in [2.05, 4.69) is 36.5 Å². The van der Waals surface area contributed by atoms with Crippen molar-refractivity contribution in [3.05, 3.63) is 47.7 Å². The Kier molecular flexibility index (Phi) is 4.11. The van der Waals surface area contributed by atoms with Crippen molar-refractivity contribution in [3.8, 4) is 11.4 Å². The molecule has 0 radical (unpaired) electrons. The first-order valence-corrected chi connectivity index (χ1v) is 9.00. The summed E-state index contributed by atoms with van der Waals surface area (Å²) in [6.45, 7) is 6.41. The molecule has 0 amide bonds. The lowest BCUT2D eigenvalue weighted by atomic mass is 10.2. The molecule has 0 N–H and O–H groups in total. The summed E-state index contributed by atoms with van der Waals surface area (Å²) in [4.78, 5) is 9.49. The molecule has 6 heteroatoms. The number of aromatic nitrogens is 5. The summed E-state index contributed by atoms with van der Waals surface area (Å²) < 4.78 is 9.35. The summed E-state index contributed by atoms with van der Waals surface area (Å²) in [5, 5.41) is 5.65. The third-order valence-corrected chi connectivity index (χ3v) is 4.94. The largest absolute Gasteiger partial charge is 0.497 e. The Morgan fingerprint density at radius 2 is 2.00 bits per heavy atom. The highest BCUT2D eigenvalue weighted by Crippen LogP contribution is 2.30. The lowest BCUT2D eigenvalue weighted by Gasteiger charge is -2.09.